The molecule has 28 heavy (non-hydrogen) atoms. The van der Waals surface area contributed by atoms with Gasteiger partial charge in [-0.05, 0) is 44.7 Å². The van der Waals surface area contributed by atoms with Crippen molar-refractivity contribution in [1.82, 2.24) is 19.7 Å². The van der Waals surface area contributed by atoms with E-state index in [1.165, 1.54) is 4.70 Å². The fourth-order valence-electron chi connectivity index (χ4n) is 4.12. The fraction of sp³-hybridized carbons (Fsp3) is 0.500. The van der Waals surface area contributed by atoms with Crippen LogP contribution in [-0.4, -0.2) is 32.1 Å². The number of nitrogens with zero attached hydrogens (tertiary/aromatic N) is 4. The lowest BCUT2D eigenvalue weighted by Gasteiger charge is -2.23. The molecule has 0 spiro atoms. The fourth-order valence-corrected chi connectivity index (χ4v) is 5.24. The molecule has 0 unspecified atom stereocenters. The van der Waals surface area contributed by atoms with Crippen molar-refractivity contribution >= 4 is 27.5 Å². The predicted molar refractivity (Wildman–Crippen MR) is 114 cm³/mol. The molecule has 0 aliphatic carbocycles. The average Bonchev–Trinajstić information content (AvgIpc) is 3.35. The van der Waals surface area contributed by atoms with Crippen molar-refractivity contribution < 1.29 is 4.79 Å². The summed E-state index contributed by atoms with van der Waals surface area (Å²) in [7, 11) is 0. The molecule has 1 aromatic carbocycles. The molecule has 3 heterocycles. The van der Waals surface area contributed by atoms with Gasteiger partial charge in [-0.15, -0.1) is 11.3 Å². The highest BCUT2D eigenvalue weighted by atomic mass is 32.1. The van der Waals surface area contributed by atoms with Gasteiger partial charge in [-0.3, -0.25) is 9.48 Å². The molecule has 1 atom stereocenters. The van der Waals surface area contributed by atoms with E-state index < -0.39 is 0 Å². The predicted octanol–water partition coefficient (Wildman–Crippen LogP) is 4.67. The first kappa shape index (κ1) is 19.1. The smallest absolute Gasteiger partial charge is 0.227 e. The third kappa shape index (κ3) is 3.58. The maximum atomic E-state index is 13.2. The molecule has 1 aliphatic rings. The molecule has 0 bridgehead atoms. The number of thiazole rings is 1. The van der Waals surface area contributed by atoms with E-state index in [0.717, 1.165) is 53.4 Å². The third-order valence-corrected chi connectivity index (χ3v) is 6.70. The number of carbonyl (C=O) groups is 1. The van der Waals surface area contributed by atoms with Crippen LogP contribution in [0, 0.1) is 19.8 Å². The average molecular weight is 397 g/mol. The summed E-state index contributed by atoms with van der Waals surface area (Å²) in [6.07, 6.45) is 2.46. The van der Waals surface area contributed by atoms with Crippen LogP contribution in [0.5, 0.6) is 0 Å². The van der Waals surface area contributed by atoms with Crippen molar-refractivity contribution in [2.75, 3.05) is 6.54 Å². The number of hydrogen-bond acceptors (Lipinski definition) is 4. The standard InChI is InChI=1S/C22H28N4OS/c1-14(2)13-26-16(4)17(15(3)24-26)12-21(27)25-11-7-9-19(25)22-23-18-8-5-6-10-20(18)28-22/h5-6,8,10,14,19H,7,9,11-13H2,1-4H3/t19-/m0/s1. The number of likely N-dealkylation sites (tertiary alicyclic amines) is 1. The monoisotopic (exact) mass is 396 g/mol. The minimum atomic E-state index is 0.108. The number of hydrogen-bond donors (Lipinski definition) is 0. The Kier molecular flexibility index (Phi) is 5.23. The second-order valence-corrected chi connectivity index (χ2v) is 9.23. The van der Waals surface area contributed by atoms with E-state index in [1.54, 1.807) is 11.3 Å². The molecule has 5 nitrogen and oxygen atoms in total. The topological polar surface area (TPSA) is 51.0 Å². The van der Waals surface area contributed by atoms with E-state index in [2.05, 4.69) is 36.6 Å². The molecule has 2 aromatic heterocycles. The molecule has 0 saturated carbocycles. The number of aryl methyl sites for hydroxylation is 1. The van der Waals surface area contributed by atoms with Crippen molar-refractivity contribution in [2.24, 2.45) is 5.92 Å². The van der Waals surface area contributed by atoms with Crippen LogP contribution < -0.4 is 0 Å². The molecular formula is C22H28N4OS. The maximum absolute atomic E-state index is 13.2. The summed E-state index contributed by atoms with van der Waals surface area (Å²) in [4.78, 5) is 20.1. The van der Waals surface area contributed by atoms with Gasteiger partial charge in [0.1, 0.15) is 5.01 Å². The second kappa shape index (κ2) is 7.66. The number of aromatic nitrogens is 3. The van der Waals surface area contributed by atoms with E-state index in [-0.39, 0.29) is 11.9 Å². The number of para-hydroxylation sites is 1. The molecule has 6 heteroatoms. The Hall–Kier alpha value is -2.21. The van der Waals surface area contributed by atoms with Gasteiger partial charge in [-0.1, -0.05) is 26.0 Å². The van der Waals surface area contributed by atoms with Gasteiger partial charge in [0, 0.05) is 24.3 Å². The SMILES string of the molecule is Cc1nn(CC(C)C)c(C)c1CC(=O)N1CCC[C@H]1c1nc2ccccc2s1. The van der Waals surface area contributed by atoms with E-state index in [1.807, 2.05) is 30.0 Å². The van der Waals surface area contributed by atoms with Crippen LogP contribution in [0.15, 0.2) is 24.3 Å². The van der Waals surface area contributed by atoms with E-state index in [4.69, 9.17) is 4.98 Å². The van der Waals surface area contributed by atoms with Crippen LogP contribution >= 0.6 is 11.3 Å². The van der Waals surface area contributed by atoms with Crippen LogP contribution in [0.4, 0.5) is 0 Å². The number of carbonyl (C=O) groups excluding carboxylic acids is 1. The molecule has 3 aromatic rings. The van der Waals surface area contributed by atoms with E-state index >= 15 is 0 Å². The van der Waals surface area contributed by atoms with Gasteiger partial charge < -0.3 is 4.90 Å². The molecular weight excluding hydrogens is 368 g/mol. The Morgan fingerprint density at radius 2 is 2.07 bits per heavy atom. The molecule has 0 radical (unpaired) electrons. The van der Waals surface area contributed by atoms with Crippen molar-refractivity contribution in [3.63, 3.8) is 0 Å². The zero-order chi connectivity index (χ0) is 19.8. The van der Waals surface area contributed by atoms with Gasteiger partial charge in [0.15, 0.2) is 0 Å². The number of rotatable bonds is 5. The lowest BCUT2D eigenvalue weighted by Crippen LogP contribution is -2.32. The summed E-state index contributed by atoms with van der Waals surface area (Å²) >= 11 is 1.72. The van der Waals surface area contributed by atoms with Crippen molar-refractivity contribution in [1.29, 1.82) is 0 Å². The summed E-state index contributed by atoms with van der Waals surface area (Å²) in [6.45, 7) is 10.2. The molecule has 0 N–H and O–H groups in total. The lowest BCUT2D eigenvalue weighted by molar-refractivity contribution is -0.131. The molecule has 1 aliphatic heterocycles. The van der Waals surface area contributed by atoms with Gasteiger partial charge in [0.05, 0.1) is 28.4 Å². The first-order chi connectivity index (χ1) is 13.4. The quantitative estimate of drug-likeness (QED) is 0.630. The summed E-state index contributed by atoms with van der Waals surface area (Å²) in [5, 5.41) is 5.74. The Bertz CT molecular complexity index is 970. The van der Waals surface area contributed by atoms with Gasteiger partial charge in [-0.25, -0.2) is 4.98 Å². The zero-order valence-corrected chi connectivity index (χ0v) is 17.9. The van der Waals surface area contributed by atoms with Gasteiger partial charge in [0.2, 0.25) is 5.91 Å². The summed E-state index contributed by atoms with van der Waals surface area (Å²) in [5.41, 5.74) is 4.21. The minimum absolute atomic E-state index is 0.108. The van der Waals surface area contributed by atoms with Gasteiger partial charge in [0.25, 0.3) is 0 Å². The molecule has 1 fully saturated rings. The molecule has 148 valence electrons. The van der Waals surface area contributed by atoms with Crippen LogP contribution in [0.2, 0.25) is 0 Å². The van der Waals surface area contributed by atoms with Crippen LogP contribution in [0.3, 0.4) is 0 Å². The second-order valence-electron chi connectivity index (χ2n) is 8.17. The van der Waals surface area contributed by atoms with Crippen LogP contribution in [0.1, 0.15) is 54.7 Å². The highest BCUT2D eigenvalue weighted by molar-refractivity contribution is 7.18. The summed E-state index contributed by atoms with van der Waals surface area (Å²) in [6, 6.07) is 8.32. The van der Waals surface area contributed by atoms with Crippen molar-refractivity contribution in [3.8, 4) is 0 Å². The highest BCUT2D eigenvalue weighted by Gasteiger charge is 2.33. The third-order valence-electron chi connectivity index (χ3n) is 5.57. The lowest BCUT2D eigenvalue weighted by atomic mass is 10.1. The summed E-state index contributed by atoms with van der Waals surface area (Å²) in [5.74, 6) is 0.723. The number of fused-ring (bicyclic) bond motifs is 1. The van der Waals surface area contributed by atoms with E-state index in [9.17, 15) is 4.79 Å². The summed E-state index contributed by atoms with van der Waals surface area (Å²) < 4.78 is 3.25. The molecule has 4 rings (SSSR count). The first-order valence-electron chi connectivity index (χ1n) is 10.1. The Labute approximate surface area is 170 Å². The van der Waals surface area contributed by atoms with Crippen LogP contribution in [-0.2, 0) is 17.8 Å². The largest absolute Gasteiger partial charge is 0.333 e. The first-order valence-corrected chi connectivity index (χ1v) is 10.9. The van der Waals surface area contributed by atoms with Gasteiger partial charge in [-0.2, -0.15) is 5.10 Å². The normalized spacial score (nSPS) is 17.2. The van der Waals surface area contributed by atoms with Crippen molar-refractivity contribution in [2.45, 2.75) is 59.5 Å². The Morgan fingerprint density at radius 3 is 2.82 bits per heavy atom. The molecule has 1 amide bonds. The van der Waals surface area contributed by atoms with Crippen LogP contribution in [0.25, 0.3) is 10.2 Å². The molecule has 1 saturated heterocycles. The van der Waals surface area contributed by atoms with E-state index in [0.29, 0.717) is 12.3 Å². The Morgan fingerprint density at radius 1 is 1.29 bits per heavy atom. The van der Waals surface area contributed by atoms with Gasteiger partial charge >= 0.3 is 0 Å². The minimum Gasteiger partial charge on any atom is -0.333 e. The highest BCUT2D eigenvalue weighted by Crippen LogP contribution is 2.37. The Balaban J connectivity index is 1.55. The zero-order valence-electron chi connectivity index (χ0n) is 17.1. The van der Waals surface area contributed by atoms with Crippen molar-refractivity contribution in [3.05, 3.63) is 46.2 Å². The maximum Gasteiger partial charge on any atom is 0.227 e. The number of amides is 1. The number of benzene rings is 1.